The molecule has 2 heterocycles. The van der Waals surface area contributed by atoms with Gasteiger partial charge in [0.2, 0.25) is 5.91 Å². The largest absolute Gasteiger partial charge is 0.481 e. The summed E-state index contributed by atoms with van der Waals surface area (Å²) in [5, 5.41) is 18.2. The first-order valence-corrected chi connectivity index (χ1v) is 11.8. The lowest BCUT2D eigenvalue weighted by atomic mass is 10.1. The van der Waals surface area contributed by atoms with Crippen LogP contribution in [-0.4, -0.2) is 40.5 Å². The Hall–Kier alpha value is -2.39. The predicted molar refractivity (Wildman–Crippen MR) is 120 cm³/mol. The van der Waals surface area contributed by atoms with Gasteiger partial charge in [-0.1, -0.05) is 38.8 Å². The van der Waals surface area contributed by atoms with Crippen LogP contribution in [0.5, 0.6) is 0 Å². The maximum atomic E-state index is 13.4. The van der Waals surface area contributed by atoms with Crippen molar-refractivity contribution in [3.63, 3.8) is 0 Å². The summed E-state index contributed by atoms with van der Waals surface area (Å²) in [7, 11) is 0. The number of carboxylic acids is 1. The van der Waals surface area contributed by atoms with Crippen molar-refractivity contribution in [2.24, 2.45) is 5.92 Å². The van der Waals surface area contributed by atoms with E-state index in [0.29, 0.717) is 19.5 Å². The predicted octanol–water partition coefficient (Wildman–Crippen LogP) is 3.92. The molecular formula is C21H29N3O4S2. The first-order chi connectivity index (χ1) is 14.4. The quantitative estimate of drug-likeness (QED) is 0.455. The number of urea groups is 1. The van der Waals surface area contributed by atoms with E-state index in [2.05, 4.69) is 10.6 Å². The van der Waals surface area contributed by atoms with Crippen LogP contribution in [0.15, 0.2) is 35.0 Å². The Morgan fingerprint density at radius 2 is 1.70 bits per heavy atom. The van der Waals surface area contributed by atoms with Crippen LogP contribution in [0.1, 0.15) is 42.9 Å². The second-order valence-electron chi connectivity index (χ2n) is 7.14. The Morgan fingerprint density at radius 3 is 2.17 bits per heavy atom. The molecule has 0 aliphatic rings. The molecule has 0 fully saturated rings. The molecule has 0 bridgehead atoms. The Balaban J connectivity index is 2.09. The summed E-state index contributed by atoms with van der Waals surface area (Å²) in [4.78, 5) is 40.6. The van der Waals surface area contributed by atoms with Gasteiger partial charge in [-0.15, -0.1) is 22.7 Å². The number of hydrogen-bond donors (Lipinski definition) is 3. The fraction of sp³-hybridized carbons (Fsp3) is 0.476. The monoisotopic (exact) mass is 451 g/mol. The summed E-state index contributed by atoms with van der Waals surface area (Å²) in [6.45, 7) is 4.52. The molecule has 0 aliphatic carbocycles. The van der Waals surface area contributed by atoms with Crippen LogP contribution in [0.2, 0.25) is 0 Å². The number of carbonyl (C=O) groups is 3. The first-order valence-electron chi connectivity index (χ1n) is 10.0. The molecule has 164 valence electrons. The van der Waals surface area contributed by atoms with Gasteiger partial charge in [-0.25, -0.2) is 4.79 Å². The number of nitrogens with one attached hydrogen (secondary N) is 2. The van der Waals surface area contributed by atoms with Crippen molar-refractivity contribution < 1.29 is 19.5 Å². The molecule has 0 aromatic carbocycles. The van der Waals surface area contributed by atoms with Gasteiger partial charge < -0.3 is 20.6 Å². The average Bonchev–Trinajstić information content (AvgIpc) is 3.42. The number of unbranched alkanes of at least 4 members (excludes halogenated alkanes) is 1. The molecule has 2 aromatic heterocycles. The molecule has 0 radical (unpaired) electrons. The Kier molecular flexibility index (Phi) is 9.82. The normalized spacial score (nSPS) is 12.7. The summed E-state index contributed by atoms with van der Waals surface area (Å²) in [5.41, 5.74) is 0. The van der Waals surface area contributed by atoms with Crippen LogP contribution in [-0.2, 0) is 22.7 Å². The van der Waals surface area contributed by atoms with Gasteiger partial charge in [0.15, 0.2) is 0 Å². The zero-order chi connectivity index (χ0) is 21.9. The highest BCUT2D eigenvalue weighted by molar-refractivity contribution is 7.10. The Labute approximate surface area is 185 Å². The molecule has 2 aromatic rings. The topological polar surface area (TPSA) is 98.7 Å². The summed E-state index contributed by atoms with van der Waals surface area (Å²) in [6.07, 6.45) is 2.23. The molecule has 1 unspecified atom stereocenters. The van der Waals surface area contributed by atoms with Gasteiger partial charge in [0.05, 0.1) is 19.0 Å². The number of rotatable bonds is 12. The molecule has 9 heteroatoms. The highest BCUT2D eigenvalue weighted by atomic mass is 32.1. The lowest BCUT2D eigenvalue weighted by Crippen LogP contribution is -2.51. The molecule has 2 atom stereocenters. The van der Waals surface area contributed by atoms with Crippen LogP contribution >= 0.6 is 22.7 Å². The van der Waals surface area contributed by atoms with E-state index in [4.69, 9.17) is 5.11 Å². The van der Waals surface area contributed by atoms with Crippen LogP contribution < -0.4 is 10.6 Å². The number of amides is 3. The van der Waals surface area contributed by atoms with Crippen molar-refractivity contribution in [1.29, 1.82) is 0 Å². The molecule has 0 saturated carbocycles. The minimum Gasteiger partial charge on any atom is -0.481 e. The Morgan fingerprint density at radius 1 is 1.10 bits per heavy atom. The van der Waals surface area contributed by atoms with E-state index >= 15 is 0 Å². The van der Waals surface area contributed by atoms with Gasteiger partial charge in [0.1, 0.15) is 6.04 Å². The fourth-order valence-corrected chi connectivity index (χ4v) is 4.26. The van der Waals surface area contributed by atoms with Crippen LogP contribution in [0, 0.1) is 5.92 Å². The number of carboxylic acid groups (broad SMARTS) is 1. The number of thiophene rings is 2. The van der Waals surface area contributed by atoms with Gasteiger partial charge in [-0.2, -0.15) is 0 Å². The smallest absolute Gasteiger partial charge is 0.315 e. The molecular weight excluding hydrogens is 422 g/mol. The average molecular weight is 452 g/mol. The van der Waals surface area contributed by atoms with E-state index in [1.165, 1.54) is 6.92 Å². The van der Waals surface area contributed by atoms with Crippen molar-refractivity contribution in [3.8, 4) is 0 Å². The third kappa shape index (κ3) is 7.79. The van der Waals surface area contributed by atoms with E-state index in [9.17, 15) is 14.4 Å². The summed E-state index contributed by atoms with van der Waals surface area (Å²) in [5.74, 6) is -1.81. The standard InChI is InChI=1S/C21H29N3O4S2/c1-3-4-9-18(23-21(28)22-12-15(2)20(26)27)19(25)24(13-16-7-5-10-29-16)14-17-8-6-11-30-17/h5-8,10-11,15,18H,3-4,9,12-14H2,1-2H3,(H,26,27)(H2,22,23,28)/t15?,18-/m0/s1. The van der Waals surface area contributed by atoms with Gasteiger partial charge >= 0.3 is 12.0 Å². The second kappa shape index (κ2) is 12.3. The summed E-state index contributed by atoms with van der Waals surface area (Å²) < 4.78 is 0. The van der Waals surface area contributed by atoms with E-state index < -0.39 is 24.0 Å². The van der Waals surface area contributed by atoms with Crippen LogP contribution in [0.4, 0.5) is 4.79 Å². The molecule has 2 rings (SSSR count). The summed E-state index contributed by atoms with van der Waals surface area (Å²) in [6, 6.07) is 6.71. The third-order valence-corrected chi connectivity index (χ3v) is 6.33. The van der Waals surface area contributed by atoms with Gasteiger partial charge in [-0.05, 0) is 29.3 Å². The first kappa shape index (κ1) is 23.9. The SMILES string of the molecule is CCCC[C@H](NC(=O)NCC(C)C(=O)O)C(=O)N(Cc1cccs1)Cc1cccs1. The molecule has 3 amide bonds. The van der Waals surface area contributed by atoms with Gasteiger partial charge in [0, 0.05) is 16.3 Å². The maximum Gasteiger partial charge on any atom is 0.315 e. The number of aliphatic carboxylic acids is 1. The molecule has 30 heavy (non-hydrogen) atoms. The highest BCUT2D eigenvalue weighted by Gasteiger charge is 2.26. The van der Waals surface area contributed by atoms with Crippen molar-refractivity contribution in [2.45, 2.75) is 52.2 Å². The van der Waals surface area contributed by atoms with E-state index in [1.54, 1.807) is 27.6 Å². The van der Waals surface area contributed by atoms with Gasteiger partial charge in [-0.3, -0.25) is 9.59 Å². The Bertz CT molecular complexity index is 757. The zero-order valence-electron chi connectivity index (χ0n) is 17.3. The number of carbonyl (C=O) groups excluding carboxylic acids is 2. The molecule has 0 spiro atoms. The van der Waals surface area contributed by atoms with Crippen molar-refractivity contribution in [1.82, 2.24) is 15.5 Å². The second-order valence-corrected chi connectivity index (χ2v) is 9.21. The third-order valence-electron chi connectivity index (χ3n) is 4.61. The van der Waals surface area contributed by atoms with Crippen molar-refractivity contribution in [2.75, 3.05) is 6.54 Å². The molecule has 0 aliphatic heterocycles. The van der Waals surface area contributed by atoms with E-state index in [0.717, 1.165) is 22.6 Å². The van der Waals surface area contributed by atoms with E-state index in [-0.39, 0.29) is 12.5 Å². The molecule has 0 saturated heterocycles. The number of hydrogen-bond acceptors (Lipinski definition) is 5. The summed E-state index contributed by atoms with van der Waals surface area (Å²) >= 11 is 3.19. The van der Waals surface area contributed by atoms with Crippen LogP contribution in [0.3, 0.4) is 0 Å². The lowest BCUT2D eigenvalue weighted by Gasteiger charge is -2.27. The highest BCUT2D eigenvalue weighted by Crippen LogP contribution is 2.19. The lowest BCUT2D eigenvalue weighted by molar-refractivity contribution is -0.141. The number of nitrogens with zero attached hydrogens (tertiary/aromatic N) is 1. The minimum absolute atomic E-state index is 0.00393. The molecule has 3 N–H and O–H groups in total. The van der Waals surface area contributed by atoms with Crippen LogP contribution in [0.25, 0.3) is 0 Å². The fourth-order valence-electron chi connectivity index (χ4n) is 2.82. The molecule has 7 nitrogen and oxygen atoms in total. The van der Waals surface area contributed by atoms with Crippen molar-refractivity contribution in [3.05, 3.63) is 44.8 Å². The van der Waals surface area contributed by atoms with Gasteiger partial charge in [0.25, 0.3) is 0 Å². The van der Waals surface area contributed by atoms with Crippen molar-refractivity contribution >= 4 is 40.6 Å². The van der Waals surface area contributed by atoms with E-state index in [1.807, 2.05) is 41.9 Å². The maximum absolute atomic E-state index is 13.4. The zero-order valence-corrected chi connectivity index (χ0v) is 18.9. The minimum atomic E-state index is -0.980.